The number of anilines is 2. The third-order valence-corrected chi connectivity index (χ3v) is 5.58. The van der Waals surface area contributed by atoms with Gasteiger partial charge in [-0.15, -0.1) is 0 Å². The lowest BCUT2D eigenvalue weighted by molar-refractivity contribution is -0.141. The van der Waals surface area contributed by atoms with E-state index in [9.17, 15) is 21.6 Å². The summed E-state index contributed by atoms with van der Waals surface area (Å²) < 4.78 is 65.3. The summed E-state index contributed by atoms with van der Waals surface area (Å²) in [6.07, 6.45) is -3.99. The van der Waals surface area contributed by atoms with Gasteiger partial charge in [0.15, 0.2) is 15.5 Å². The van der Waals surface area contributed by atoms with Crippen molar-refractivity contribution in [1.29, 1.82) is 0 Å². The third kappa shape index (κ3) is 4.79. The molecule has 0 saturated heterocycles. The second-order valence-electron chi connectivity index (χ2n) is 5.77. The molecular weight excluding hydrogens is 415 g/mol. The number of rotatable bonds is 5. The van der Waals surface area contributed by atoms with Crippen LogP contribution in [-0.4, -0.2) is 18.4 Å². The van der Waals surface area contributed by atoms with Crippen LogP contribution in [0.25, 0.3) is 0 Å². The molecule has 1 N–H and O–H groups in total. The highest BCUT2D eigenvalue weighted by Gasteiger charge is 2.37. The standard InChI is InChI=1S/C18H13ClF3N3O2S/c19-13-5-4-6-14(9-13)24-17-23-10-12(16(25-17)18(20,21)22)11-28(26,27)15-7-2-1-3-8-15/h1-10H,11H2,(H,23,24,25). The van der Waals surface area contributed by atoms with Gasteiger partial charge in [-0.25, -0.2) is 18.4 Å². The minimum atomic E-state index is -4.85. The molecule has 0 aliphatic rings. The van der Waals surface area contributed by atoms with Crippen LogP contribution in [0.1, 0.15) is 11.3 Å². The molecule has 1 aromatic heterocycles. The van der Waals surface area contributed by atoms with Crippen LogP contribution in [0.2, 0.25) is 5.02 Å². The molecule has 0 atom stereocenters. The summed E-state index contributed by atoms with van der Waals surface area (Å²) in [5.41, 5.74) is -1.45. The number of halogens is 4. The molecule has 3 rings (SSSR count). The summed E-state index contributed by atoms with van der Waals surface area (Å²) in [5, 5.41) is 3.00. The van der Waals surface area contributed by atoms with Gasteiger partial charge in [-0.2, -0.15) is 13.2 Å². The van der Waals surface area contributed by atoms with Crippen molar-refractivity contribution in [3.05, 3.63) is 77.1 Å². The summed E-state index contributed by atoms with van der Waals surface area (Å²) >= 11 is 5.84. The Hall–Kier alpha value is -2.65. The fourth-order valence-electron chi connectivity index (χ4n) is 2.43. The van der Waals surface area contributed by atoms with Crippen molar-refractivity contribution in [2.75, 3.05) is 5.32 Å². The highest BCUT2D eigenvalue weighted by molar-refractivity contribution is 7.90. The van der Waals surface area contributed by atoms with Crippen LogP contribution >= 0.6 is 11.6 Å². The smallest absolute Gasteiger partial charge is 0.324 e. The van der Waals surface area contributed by atoms with Crippen molar-refractivity contribution in [3.8, 4) is 0 Å². The van der Waals surface area contributed by atoms with E-state index in [-0.39, 0.29) is 10.8 Å². The van der Waals surface area contributed by atoms with Gasteiger partial charge in [-0.05, 0) is 30.3 Å². The van der Waals surface area contributed by atoms with Crippen LogP contribution in [0, 0.1) is 0 Å². The maximum absolute atomic E-state index is 13.5. The molecule has 0 aliphatic heterocycles. The second-order valence-corrected chi connectivity index (χ2v) is 8.20. The minimum absolute atomic E-state index is 0.0794. The lowest BCUT2D eigenvalue weighted by atomic mass is 10.2. The second kappa shape index (κ2) is 7.76. The van der Waals surface area contributed by atoms with Gasteiger partial charge in [0.05, 0.1) is 10.6 Å². The largest absolute Gasteiger partial charge is 0.433 e. The van der Waals surface area contributed by atoms with E-state index in [1.807, 2.05) is 0 Å². The molecule has 0 saturated carbocycles. The monoisotopic (exact) mass is 427 g/mol. The van der Waals surface area contributed by atoms with E-state index in [4.69, 9.17) is 11.6 Å². The van der Waals surface area contributed by atoms with Gasteiger partial charge in [0.25, 0.3) is 0 Å². The summed E-state index contributed by atoms with van der Waals surface area (Å²) in [6, 6.07) is 13.5. The molecule has 0 spiro atoms. The van der Waals surface area contributed by atoms with Gasteiger partial charge in [-0.1, -0.05) is 35.9 Å². The predicted molar refractivity (Wildman–Crippen MR) is 99.1 cm³/mol. The van der Waals surface area contributed by atoms with E-state index in [0.29, 0.717) is 10.7 Å². The van der Waals surface area contributed by atoms with Crippen molar-refractivity contribution in [3.63, 3.8) is 0 Å². The highest BCUT2D eigenvalue weighted by Crippen LogP contribution is 2.33. The fraction of sp³-hybridized carbons (Fsp3) is 0.111. The number of sulfone groups is 1. The zero-order valence-corrected chi connectivity index (χ0v) is 15.7. The molecule has 0 radical (unpaired) electrons. The van der Waals surface area contributed by atoms with Gasteiger partial charge in [-0.3, -0.25) is 0 Å². The Morgan fingerprint density at radius 1 is 1.04 bits per heavy atom. The van der Waals surface area contributed by atoms with Crippen molar-refractivity contribution < 1.29 is 21.6 Å². The van der Waals surface area contributed by atoms with Crippen LogP contribution in [-0.2, 0) is 21.8 Å². The number of hydrogen-bond donors (Lipinski definition) is 1. The Kier molecular flexibility index (Phi) is 5.57. The number of alkyl halides is 3. The Labute approximate surface area is 164 Å². The lowest BCUT2D eigenvalue weighted by Gasteiger charge is -2.14. The van der Waals surface area contributed by atoms with E-state index >= 15 is 0 Å². The number of benzene rings is 2. The molecule has 146 valence electrons. The summed E-state index contributed by atoms with van der Waals surface area (Å²) in [7, 11) is -3.99. The van der Waals surface area contributed by atoms with Crippen molar-refractivity contribution in [2.45, 2.75) is 16.8 Å². The highest BCUT2D eigenvalue weighted by atomic mass is 35.5. The van der Waals surface area contributed by atoms with Crippen molar-refractivity contribution >= 4 is 33.1 Å². The van der Waals surface area contributed by atoms with Crippen LogP contribution in [0.3, 0.4) is 0 Å². The Bertz CT molecular complexity index is 1090. The molecule has 1 heterocycles. The van der Waals surface area contributed by atoms with E-state index in [1.165, 1.54) is 30.3 Å². The first kappa shape index (κ1) is 20.1. The van der Waals surface area contributed by atoms with E-state index in [0.717, 1.165) is 6.20 Å². The van der Waals surface area contributed by atoms with Crippen LogP contribution in [0.5, 0.6) is 0 Å². The predicted octanol–water partition coefficient (Wildman–Crippen LogP) is 4.87. The zero-order valence-electron chi connectivity index (χ0n) is 14.1. The molecule has 0 bridgehead atoms. The molecule has 0 unspecified atom stereocenters. The zero-order chi connectivity index (χ0) is 20.4. The number of nitrogens with zero attached hydrogens (tertiary/aromatic N) is 2. The topological polar surface area (TPSA) is 72.0 Å². The maximum atomic E-state index is 13.5. The van der Waals surface area contributed by atoms with Gasteiger partial charge >= 0.3 is 6.18 Å². The average Bonchev–Trinajstić information content (AvgIpc) is 2.63. The number of aromatic nitrogens is 2. The summed E-state index contributed by atoms with van der Waals surface area (Å²) in [6.45, 7) is 0. The summed E-state index contributed by atoms with van der Waals surface area (Å²) in [5.74, 6) is -1.20. The Morgan fingerprint density at radius 3 is 2.39 bits per heavy atom. The quantitative estimate of drug-likeness (QED) is 0.629. The average molecular weight is 428 g/mol. The Balaban J connectivity index is 1.96. The number of hydrogen-bond acceptors (Lipinski definition) is 5. The molecule has 0 amide bonds. The number of nitrogens with one attached hydrogen (secondary N) is 1. The lowest BCUT2D eigenvalue weighted by Crippen LogP contribution is -2.17. The van der Waals surface area contributed by atoms with Crippen LogP contribution < -0.4 is 5.32 Å². The molecular formula is C18H13ClF3N3O2S. The van der Waals surface area contributed by atoms with Crippen LogP contribution in [0.15, 0.2) is 65.7 Å². The van der Waals surface area contributed by atoms with Gasteiger partial charge in [0.1, 0.15) is 0 Å². The van der Waals surface area contributed by atoms with Crippen LogP contribution in [0.4, 0.5) is 24.8 Å². The molecule has 0 fully saturated rings. The molecule has 3 aromatic rings. The molecule has 0 aliphatic carbocycles. The SMILES string of the molecule is O=S(=O)(Cc1cnc(Nc2cccc(Cl)c2)nc1C(F)(F)F)c1ccccc1. The van der Waals surface area contributed by atoms with E-state index in [1.54, 1.807) is 24.3 Å². The van der Waals surface area contributed by atoms with Gasteiger partial charge < -0.3 is 5.32 Å². The summed E-state index contributed by atoms with van der Waals surface area (Å²) in [4.78, 5) is 7.24. The van der Waals surface area contributed by atoms with Gasteiger partial charge in [0, 0.05) is 22.5 Å². The first-order chi connectivity index (χ1) is 13.1. The van der Waals surface area contributed by atoms with Crippen molar-refractivity contribution in [2.24, 2.45) is 0 Å². The van der Waals surface area contributed by atoms with E-state index < -0.39 is 33.0 Å². The molecule has 28 heavy (non-hydrogen) atoms. The maximum Gasteiger partial charge on any atom is 0.433 e. The molecule has 2 aromatic carbocycles. The minimum Gasteiger partial charge on any atom is -0.324 e. The Morgan fingerprint density at radius 2 is 1.75 bits per heavy atom. The van der Waals surface area contributed by atoms with E-state index in [2.05, 4.69) is 15.3 Å². The van der Waals surface area contributed by atoms with Gasteiger partial charge in [0.2, 0.25) is 5.95 Å². The van der Waals surface area contributed by atoms with Crippen molar-refractivity contribution in [1.82, 2.24) is 9.97 Å². The first-order valence-electron chi connectivity index (χ1n) is 7.89. The molecule has 10 heteroatoms. The first-order valence-corrected chi connectivity index (χ1v) is 9.92. The third-order valence-electron chi connectivity index (χ3n) is 3.66. The fourth-order valence-corrected chi connectivity index (χ4v) is 3.98. The molecule has 5 nitrogen and oxygen atoms in total. The normalized spacial score (nSPS) is 12.0.